The Hall–Kier alpha value is -3.48. The van der Waals surface area contributed by atoms with Crippen LogP contribution in [0.1, 0.15) is 57.1 Å². The Morgan fingerprint density at radius 1 is 0.944 bits per heavy atom. The van der Waals surface area contributed by atoms with Crippen molar-refractivity contribution in [2.75, 3.05) is 18.5 Å². The predicted octanol–water partition coefficient (Wildman–Crippen LogP) is 8.10. The number of hydrogen-bond acceptors (Lipinski definition) is 2. The minimum atomic E-state index is -0.817. The lowest BCUT2D eigenvalue weighted by atomic mass is 9.96. The molecule has 1 atom stereocenters. The highest BCUT2D eigenvalue weighted by atomic mass is 19.1. The Balaban J connectivity index is 1.63. The van der Waals surface area contributed by atoms with E-state index in [0.29, 0.717) is 25.3 Å². The maximum absolute atomic E-state index is 14.3. The van der Waals surface area contributed by atoms with Crippen LogP contribution in [0.25, 0.3) is 11.1 Å². The van der Waals surface area contributed by atoms with Gasteiger partial charge in [-0.25, -0.2) is 18.0 Å². The molecule has 0 aromatic heterocycles. The Bertz CT molecular complexity index is 1180. The van der Waals surface area contributed by atoms with Gasteiger partial charge in [0, 0.05) is 18.2 Å². The van der Waals surface area contributed by atoms with E-state index < -0.39 is 17.7 Å². The van der Waals surface area contributed by atoms with Crippen LogP contribution in [0.4, 0.5) is 23.7 Å². The number of hydrogen-bond donors (Lipinski definition) is 1. The molecule has 0 saturated carbocycles. The molecule has 1 aliphatic heterocycles. The van der Waals surface area contributed by atoms with Crippen LogP contribution in [0.5, 0.6) is 5.75 Å². The maximum atomic E-state index is 14.3. The van der Waals surface area contributed by atoms with E-state index in [2.05, 4.69) is 12.2 Å². The van der Waals surface area contributed by atoms with Crippen LogP contribution in [0, 0.1) is 17.5 Å². The molecule has 1 aliphatic rings. The van der Waals surface area contributed by atoms with Gasteiger partial charge in [0.1, 0.15) is 23.2 Å². The van der Waals surface area contributed by atoms with E-state index in [1.54, 1.807) is 17.0 Å². The summed E-state index contributed by atoms with van der Waals surface area (Å²) < 4.78 is 47.1. The van der Waals surface area contributed by atoms with Gasteiger partial charge in [-0.15, -0.1) is 0 Å². The van der Waals surface area contributed by atoms with Gasteiger partial charge in [-0.1, -0.05) is 50.5 Å². The number of ether oxygens (including phenoxy) is 1. The second-order valence-electron chi connectivity index (χ2n) is 9.07. The third-order valence-electron chi connectivity index (χ3n) is 6.49. The molecule has 0 bridgehead atoms. The summed E-state index contributed by atoms with van der Waals surface area (Å²) in [6, 6.07) is 14.5. The van der Waals surface area contributed by atoms with Crippen LogP contribution in [0.15, 0.2) is 60.7 Å². The van der Waals surface area contributed by atoms with Gasteiger partial charge in [0.2, 0.25) is 0 Å². The van der Waals surface area contributed by atoms with E-state index in [4.69, 9.17) is 4.74 Å². The zero-order valence-electron chi connectivity index (χ0n) is 20.4. The number of unbranched alkanes of at least 4 members (excludes halogenated alkanes) is 3. The number of rotatable bonds is 8. The highest BCUT2D eigenvalue weighted by Gasteiger charge is 2.29. The average Bonchev–Trinajstić information content (AvgIpc) is 3.08. The second-order valence-corrected chi connectivity index (χ2v) is 9.07. The molecule has 3 aromatic rings. The molecule has 4 nitrogen and oxygen atoms in total. The third-order valence-corrected chi connectivity index (χ3v) is 6.49. The van der Waals surface area contributed by atoms with Gasteiger partial charge in [0.25, 0.3) is 0 Å². The highest BCUT2D eigenvalue weighted by Crippen LogP contribution is 2.39. The zero-order chi connectivity index (χ0) is 25.5. The highest BCUT2D eigenvalue weighted by molar-refractivity contribution is 5.90. The Morgan fingerprint density at radius 2 is 1.69 bits per heavy atom. The number of anilines is 1. The summed E-state index contributed by atoms with van der Waals surface area (Å²) in [5, 5.41) is 2.64. The van der Waals surface area contributed by atoms with E-state index in [-0.39, 0.29) is 17.5 Å². The quantitative estimate of drug-likeness (QED) is 0.320. The molecule has 1 heterocycles. The molecule has 0 saturated heterocycles. The van der Waals surface area contributed by atoms with Crippen molar-refractivity contribution in [2.45, 2.75) is 51.5 Å². The molecule has 0 fully saturated rings. The monoisotopic (exact) mass is 496 g/mol. The maximum Gasteiger partial charge on any atom is 0.322 e. The van der Waals surface area contributed by atoms with E-state index in [9.17, 15) is 18.0 Å². The molecule has 36 heavy (non-hydrogen) atoms. The first-order chi connectivity index (χ1) is 17.5. The third kappa shape index (κ3) is 6.20. The SMILES string of the molecule is CCCCCCN(C(=O)Nc1ccc(F)cc1F)C1CCCOc2cc(-c3ccc(F)cc3)ccc21. The Morgan fingerprint density at radius 3 is 2.44 bits per heavy atom. The topological polar surface area (TPSA) is 41.6 Å². The predicted molar refractivity (Wildman–Crippen MR) is 136 cm³/mol. The molecule has 2 amide bonds. The standard InChI is InChI=1S/C29H31F3N2O2/c1-2-3-4-5-16-34(29(35)33-26-15-13-23(31)19-25(26)32)27-7-6-17-36-28-18-21(10-14-24(27)28)20-8-11-22(30)12-9-20/h8-15,18-19,27H,2-7,16-17H2,1H3,(H,33,35). The van der Waals surface area contributed by atoms with Crippen molar-refractivity contribution in [1.82, 2.24) is 4.90 Å². The first-order valence-corrected chi connectivity index (χ1v) is 12.5. The molecule has 3 aromatic carbocycles. The summed E-state index contributed by atoms with van der Waals surface area (Å²) in [7, 11) is 0. The largest absolute Gasteiger partial charge is 0.493 e. The summed E-state index contributed by atoms with van der Waals surface area (Å²) in [4.78, 5) is 15.2. The first-order valence-electron chi connectivity index (χ1n) is 12.5. The van der Waals surface area contributed by atoms with Gasteiger partial charge in [0.15, 0.2) is 0 Å². The fourth-order valence-corrected chi connectivity index (χ4v) is 4.58. The van der Waals surface area contributed by atoms with Gasteiger partial charge in [-0.3, -0.25) is 0 Å². The summed E-state index contributed by atoms with van der Waals surface area (Å²) in [5.74, 6) is -1.14. The summed E-state index contributed by atoms with van der Waals surface area (Å²) in [6.07, 6.45) is 5.36. The van der Waals surface area contributed by atoms with E-state index >= 15 is 0 Å². The molecule has 0 radical (unpaired) electrons. The summed E-state index contributed by atoms with van der Waals surface area (Å²) in [6.45, 7) is 3.13. The lowest BCUT2D eigenvalue weighted by Crippen LogP contribution is -2.39. The van der Waals surface area contributed by atoms with Crippen LogP contribution >= 0.6 is 0 Å². The minimum Gasteiger partial charge on any atom is -0.493 e. The number of carbonyl (C=O) groups is 1. The van der Waals surface area contributed by atoms with Gasteiger partial charge in [-0.2, -0.15) is 0 Å². The lowest BCUT2D eigenvalue weighted by molar-refractivity contribution is 0.181. The molecule has 1 unspecified atom stereocenters. The van der Waals surface area contributed by atoms with Gasteiger partial charge < -0.3 is 15.0 Å². The van der Waals surface area contributed by atoms with Crippen LogP contribution in [-0.2, 0) is 0 Å². The molecule has 7 heteroatoms. The van der Waals surface area contributed by atoms with Crippen molar-refractivity contribution in [2.24, 2.45) is 0 Å². The van der Waals surface area contributed by atoms with E-state index in [1.165, 1.54) is 18.2 Å². The van der Waals surface area contributed by atoms with Crippen molar-refractivity contribution in [3.63, 3.8) is 0 Å². The second kappa shape index (κ2) is 12.0. The number of carbonyl (C=O) groups excluding carboxylic acids is 1. The molecule has 4 rings (SSSR count). The van der Waals surface area contributed by atoms with Crippen LogP contribution in [-0.4, -0.2) is 24.1 Å². The fourth-order valence-electron chi connectivity index (χ4n) is 4.58. The van der Waals surface area contributed by atoms with Crippen molar-refractivity contribution >= 4 is 11.7 Å². The number of nitrogens with one attached hydrogen (secondary N) is 1. The van der Waals surface area contributed by atoms with E-state index in [1.807, 2.05) is 18.2 Å². The van der Waals surface area contributed by atoms with Crippen molar-refractivity contribution in [1.29, 1.82) is 0 Å². The van der Waals surface area contributed by atoms with Crippen molar-refractivity contribution in [3.05, 3.63) is 83.7 Å². The Kier molecular flexibility index (Phi) is 8.52. The molecule has 1 N–H and O–H groups in total. The number of amides is 2. The normalized spacial score (nSPS) is 14.9. The molecule has 0 aliphatic carbocycles. The van der Waals surface area contributed by atoms with Gasteiger partial charge in [0.05, 0.1) is 18.3 Å². The summed E-state index contributed by atoms with van der Waals surface area (Å²) >= 11 is 0. The zero-order valence-corrected chi connectivity index (χ0v) is 20.4. The van der Waals surface area contributed by atoms with Gasteiger partial charge >= 0.3 is 6.03 Å². The van der Waals surface area contributed by atoms with Gasteiger partial charge in [-0.05, 0) is 60.7 Å². The number of nitrogens with zero attached hydrogens (tertiary/aromatic N) is 1. The van der Waals surface area contributed by atoms with Crippen molar-refractivity contribution < 1.29 is 22.7 Å². The average molecular weight is 497 g/mol. The van der Waals surface area contributed by atoms with Crippen molar-refractivity contribution in [3.8, 4) is 16.9 Å². The lowest BCUT2D eigenvalue weighted by Gasteiger charge is -2.32. The Labute approximate surface area is 210 Å². The molecule has 190 valence electrons. The van der Waals surface area contributed by atoms with Crippen LogP contribution < -0.4 is 10.1 Å². The first kappa shape index (κ1) is 25.6. The molecular weight excluding hydrogens is 465 g/mol. The molecule has 0 spiro atoms. The van der Waals surface area contributed by atoms with Crippen LogP contribution in [0.3, 0.4) is 0 Å². The smallest absolute Gasteiger partial charge is 0.322 e. The molecular formula is C29H31F3N2O2. The van der Waals surface area contributed by atoms with Crippen LogP contribution in [0.2, 0.25) is 0 Å². The number of urea groups is 1. The number of fused-ring (bicyclic) bond motifs is 1. The summed E-state index contributed by atoms with van der Waals surface area (Å²) in [5.41, 5.74) is 2.58. The minimum absolute atomic E-state index is 0.0586. The van der Waals surface area contributed by atoms with E-state index in [0.717, 1.165) is 60.9 Å². The fraction of sp³-hybridized carbons (Fsp3) is 0.345. The number of halogens is 3. The number of benzene rings is 3.